The van der Waals surface area contributed by atoms with Crippen molar-refractivity contribution >= 4 is 37.5 Å². The predicted molar refractivity (Wildman–Crippen MR) is 104 cm³/mol. The predicted octanol–water partition coefficient (Wildman–Crippen LogP) is 2.91. The highest BCUT2D eigenvalue weighted by molar-refractivity contribution is 9.10. The van der Waals surface area contributed by atoms with Crippen LogP contribution in [0, 0.1) is 0 Å². The number of sulfonamides is 1. The molecule has 1 atom stereocenters. The van der Waals surface area contributed by atoms with Crippen molar-refractivity contribution < 1.29 is 22.7 Å². The molecule has 0 spiro atoms. The first-order valence-electron chi connectivity index (χ1n) is 8.31. The third kappa shape index (κ3) is 5.29. The summed E-state index contributed by atoms with van der Waals surface area (Å²) in [6, 6.07) is 10.7. The van der Waals surface area contributed by atoms with Gasteiger partial charge >= 0.3 is 0 Å². The number of rotatable bonds is 6. The number of anilines is 1. The Kier molecular flexibility index (Phi) is 6.15. The van der Waals surface area contributed by atoms with Gasteiger partial charge in [0.15, 0.2) is 0 Å². The number of carbonyl (C=O) groups is 1. The third-order valence-electron chi connectivity index (χ3n) is 4.08. The van der Waals surface area contributed by atoms with Crippen molar-refractivity contribution in [2.24, 2.45) is 5.14 Å². The molecule has 3 N–H and O–H groups in total. The molecule has 3 rings (SSSR count). The van der Waals surface area contributed by atoms with Gasteiger partial charge in [0.05, 0.1) is 15.5 Å². The van der Waals surface area contributed by atoms with Gasteiger partial charge in [0.25, 0.3) is 5.91 Å². The van der Waals surface area contributed by atoms with Crippen LogP contribution in [0.2, 0.25) is 0 Å². The molecule has 144 valence electrons. The molecule has 0 bridgehead atoms. The molecule has 7 nitrogen and oxygen atoms in total. The topological polar surface area (TPSA) is 108 Å². The molecule has 0 aromatic heterocycles. The van der Waals surface area contributed by atoms with E-state index >= 15 is 0 Å². The molecule has 1 aliphatic heterocycles. The van der Waals surface area contributed by atoms with Crippen LogP contribution in [0.4, 0.5) is 5.69 Å². The Labute approximate surface area is 166 Å². The van der Waals surface area contributed by atoms with Crippen molar-refractivity contribution in [2.75, 3.05) is 18.5 Å². The molecule has 1 fully saturated rings. The van der Waals surface area contributed by atoms with Gasteiger partial charge in [-0.1, -0.05) is 0 Å². The second kappa shape index (κ2) is 8.39. The number of benzene rings is 2. The van der Waals surface area contributed by atoms with Gasteiger partial charge in [-0.25, -0.2) is 13.6 Å². The van der Waals surface area contributed by atoms with Crippen LogP contribution in [0.1, 0.15) is 23.2 Å². The van der Waals surface area contributed by atoms with Gasteiger partial charge in [-0.05, 0) is 71.2 Å². The van der Waals surface area contributed by atoms with E-state index < -0.39 is 10.0 Å². The largest absolute Gasteiger partial charge is 0.490 e. The van der Waals surface area contributed by atoms with Crippen LogP contribution >= 0.6 is 15.9 Å². The highest BCUT2D eigenvalue weighted by atomic mass is 79.9. The fourth-order valence-corrected chi connectivity index (χ4v) is 3.66. The summed E-state index contributed by atoms with van der Waals surface area (Å²) in [6.07, 6.45) is 2.15. The van der Waals surface area contributed by atoms with E-state index in [0.717, 1.165) is 19.4 Å². The maximum absolute atomic E-state index is 12.4. The third-order valence-corrected chi connectivity index (χ3v) is 5.63. The van der Waals surface area contributed by atoms with Crippen molar-refractivity contribution in [2.45, 2.75) is 23.8 Å². The van der Waals surface area contributed by atoms with E-state index in [1.165, 1.54) is 24.3 Å². The number of carbonyl (C=O) groups excluding carboxylic acids is 1. The fourth-order valence-electron chi connectivity index (χ4n) is 2.65. The van der Waals surface area contributed by atoms with E-state index in [1.54, 1.807) is 18.2 Å². The minimum absolute atomic E-state index is 0.0176. The standard InChI is InChI=1S/C18H19BrN2O5S/c19-16-10-12(3-8-17(16)26-11-14-2-1-9-25-14)18(22)21-13-4-6-15(7-5-13)27(20,23)24/h3-8,10,14H,1-2,9,11H2,(H,21,22)(H2,20,23,24). The first-order valence-corrected chi connectivity index (χ1v) is 10.6. The number of amides is 1. The van der Waals surface area contributed by atoms with Crippen LogP contribution in [0.5, 0.6) is 5.75 Å². The van der Waals surface area contributed by atoms with Gasteiger partial charge in [0, 0.05) is 17.9 Å². The summed E-state index contributed by atoms with van der Waals surface area (Å²) < 4.78 is 34.5. The normalized spacial score (nSPS) is 16.9. The summed E-state index contributed by atoms with van der Waals surface area (Å²) in [5, 5.41) is 7.76. The van der Waals surface area contributed by atoms with Crippen molar-refractivity contribution in [1.29, 1.82) is 0 Å². The average Bonchev–Trinajstić information content (AvgIpc) is 3.14. The van der Waals surface area contributed by atoms with Crippen LogP contribution < -0.4 is 15.2 Å². The lowest BCUT2D eigenvalue weighted by Gasteiger charge is -2.13. The van der Waals surface area contributed by atoms with Gasteiger partial charge in [0.1, 0.15) is 12.4 Å². The molecule has 2 aromatic rings. The molecule has 1 aliphatic rings. The second-order valence-corrected chi connectivity index (χ2v) is 8.53. The van der Waals surface area contributed by atoms with Gasteiger partial charge in [-0.15, -0.1) is 0 Å². The van der Waals surface area contributed by atoms with E-state index in [1.807, 2.05) is 0 Å². The summed E-state index contributed by atoms with van der Waals surface area (Å²) in [5.74, 6) is 0.310. The second-order valence-electron chi connectivity index (χ2n) is 6.11. The minimum atomic E-state index is -3.76. The fraction of sp³-hybridized carbons (Fsp3) is 0.278. The maximum Gasteiger partial charge on any atom is 0.255 e. The number of ether oxygens (including phenoxy) is 2. The number of nitrogens with one attached hydrogen (secondary N) is 1. The average molecular weight is 455 g/mol. The molecule has 2 aromatic carbocycles. The van der Waals surface area contributed by atoms with Crippen LogP contribution in [0.15, 0.2) is 51.8 Å². The Morgan fingerprint density at radius 1 is 1.26 bits per heavy atom. The Morgan fingerprint density at radius 3 is 2.59 bits per heavy atom. The van der Waals surface area contributed by atoms with Crippen LogP contribution in [0.25, 0.3) is 0 Å². The van der Waals surface area contributed by atoms with E-state index in [4.69, 9.17) is 14.6 Å². The zero-order chi connectivity index (χ0) is 19.4. The van der Waals surface area contributed by atoms with Crippen LogP contribution in [-0.4, -0.2) is 33.6 Å². The van der Waals surface area contributed by atoms with Crippen molar-refractivity contribution in [1.82, 2.24) is 0 Å². The number of hydrogen-bond donors (Lipinski definition) is 2. The van der Waals surface area contributed by atoms with Crippen molar-refractivity contribution in [3.8, 4) is 5.75 Å². The SMILES string of the molecule is NS(=O)(=O)c1ccc(NC(=O)c2ccc(OCC3CCCO3)c(Br)c2)cc1. The number of halogens is 1. The molecule has 1 heterocycles. The molecule has 1 amide bonds. The quantitative estimate of drug-likeness (QED) is 0.697. The molecular formula is C18H19BrN2O5S. The zero-order valence-corrected chi connectivity index (χ0v) is 16.8. The van der Waals surface area contributed by atoms with Crippen molar-refractivity contribution in [3.63, 3.8) is 0 Å². The molecule has 27 heavy (non-hydrogen) atoms. The molecule has 9 heteroatoms. The van der Waals surface area contributed by atoms with E-state index in [2.05, 4.69) is 21.2 Å². The minimum Gasteiger partial charge on any atom is -0.490 e. The monoisotopic (exact) mass is 454 g/mol. The Morgan fingerprint density at radius 2 is 2.00 bits per heavy atom. The molecule has 0 saturated carbocycles. The first-order chi connectivity index (χ1) is 12.8. The molecule has 1 unspecified atom stereocenters. The summed E-state index contributed by atoms with van der Waals surface area (Å²) in [6.45, 7) is 1.24. The van der Waals surface area contributed by atoms with Crippen molar-refractivity contribution in [3.05, 3.63) is 52.5 Å². The molecule has 1 saturated heterocycles. The smallest absolute Gasteiger partial charge is 0.255 e. The van der Waals surface area contributed by atoms with Gasteiger partial charge in [-0.3, -0.25) is 4.79 Å². The van der Waals surface area contributed by atoms with Crippen LogP contribution in [0.3, 0.4) is 0 Å². The molecule has 0 aliphatic carbocycles. The highest BCUT2D eigenvalue weighted by Crippen LogP contribution is 2.27. The summed E-state index contributed by atoms with van der Waals surface area (Å²) in [4.78, 5) is 12.4. The Bertz CT molecular complexity index is 925. The maximum atomic E-state index is 12.4. The van der Waals surface area contributed by atoms with E-state index in [-0.39, 0.29) is 16.9 Å². The lowest BCUT2D eigenvalue weighted by atomic mass is 10.2. The Hall–Kier alpha value is -1.94. The van der Waals surface area contributed by atoms with E-state index in [9.17, 15) is 13.2 Å². The summed E-state index contributed by atoms with van der Waals surface area (Å²) in [7, 11) is -3.76. The summed E-state index contributed by atoms with van der Waals surface area (Å²) >= 11 is 3.42. The van der Waals surface area contributed by atoms with Gasteiger partial charge in [0.2, 0.25) is 10.0 Å². The molecular weight excluding hydrogens is 436 g/mol. The number of primary sulfonamides is 1. The van der Waals surface area contributed by atoms with Gasteiger partial charge in [-0.2, -0.15) is 0 Å². The summed E-state index contributed by atoms with van der Waals surface area (Å²) in [5.41, 5.74) is 0.893. The Balaban J connectivity index is 1.63. The first kappa shape index (κ1) is 19.8. The lowest BCUT2D eigenvalue weighted by molar-refractivity contribution is 0.0677. The number of hydrogen-bond acceptors (Lipinski definition) is 5. The molecule has 0 radical (unpaired) electrons. The highest BCUT2D eigenvalue weighted by Gasteiger charge is 2.17. The van der Waals surface area contributed by atoms with Crippen LogP contribution in [-0.2, 0) is 14.8 Å². The lowest BCUT2D eigenvalue weighted by Crippen LogP contribution is -2.17. The van der Waals surface area contributed by atoms with E-state index in [0.29, 0.717) is 28.1 Å². The number of nitrogens with two attached hydrogens (primary N) is 1. The zero-order valence-electron chi connectivity index (χ0n) is 14.4. The van der Waals surface area contributed by atoms with Gasteiger partial charge < -0.3 is 14.8 Å².